The molecule has 2 unspecified atom stereocenters. The van der Waals surface area contributed by atoms with Gasteiger partial charge in [-0.1, -0.05) is 63.2 Å². The first kappa shape index (κ1) is 22.6. The first-order chi connectivity index (χ1) is 15.8. The molecular weight excluding hydrogens is 408 g/mol. The molecule has 3 aliphatic rings. The summed E-state index contributed by atoms with van der Waals surface area (Å²) in [6.45, 7) is 10.2. The van der Waals surface area contributed by atoms with Crippen molar-refractivity contribution in [1.82, 2.24) is 9.80 Å². The number of fused-ring (bicyclic) bond motifs is 3. The van der Waals surface area contributed by atoms with Crippen molar-refractivity contribution in [2.24, 2.45) is 16.7 Å². The van der Waals surface area contributed by atoms with E-state index in [1.165, 1.54) is 29.2 Å². The van der Waals surface area contributed by atoms with Crippen molar-refractivity contribution in [3.63, 3.8) is 0 Å². The molecule has 2 heterocycles. The third kappa shape index (κ3) is 3.71. The Kier molecular flexibility index (Phi) is 5.84. The number of imide groups is 1. The van der Waals surface area contributed by atoms with Gasteiger partial charge in [-0.25, -0.2) is 0 Å². The number of nitrogens with zero attached hydrogens (tertiary/aromatic N) is 2. The van der Waals surface area contributed by atoms with E-state index in [9.17, 15) is 9.59 Å². The zero-order valence-electron chi connectivity index (χ0n) is 20.5. The van der Waals surface area contributed by atoms with E-state index in [-0.39, 0.29) is 28.6 Å². The van der Waals surface area contributed by atoms with Gasteiger partial charge >= 0.3 is 0 Å². The van der Waals surface area contributed by atoms with Gasteiger partial charge in [0.2, 0.25) is 11.8 Å². The lowest BCUT2D eigenvalue weighted by molar-refractivity contribution is -0.167. The van der Waals surface area contributed by atoms with Crippen LogP contribution in [0, 0.1) is 16.7 Å². The Bertz CT molecular complexity index is 1050. The first-order valence-corrected chi connectivity index (χ1v) is 12.9. The van der Waals surface area contributed by atoms with Gasteiger partial charge in [-0.2, -0.15) is 0 Å². The Balaban J connectivity index is 1.11. The summed E-state index contributed by atoms with van der Waals surface area (Å²) in [4.78, 5) is 30.4. The van der Waals surface area contributed by atoms with E-state index in [4.69, 9.17) is 0 Å². The fourth-order valence-electron chi connectivity index (χ4n) is 6.79. The molecule has 0 spiro atoms. The molecule has 0 N–H and O–H groups in total. The normalized spacial score (nSPS) is 28.1. The number of unbranched alkanes of at least 4 members (excludes halogenated alkanes) is 1. The lowest BCUT2D eigenvalue weighted by Crippen LogP contribution is -2.59. The number of carbonyl (C=O) groups is 2. The van der Waals surface area contributed by atoms with E-state index in [1.807, 2.05) is 0 Å². The number of hydrogen-bond donors (Lipinski definition) is 0. The van der Waals surface area contributed by atoms with E-state index in [0.717, 1.165) is 45.3 Å². The zero-order chi connectivity index (χ0) is 23.2. The largest absolute Gasteiger partial charge is 0.303 e. The number of amides is 2. The standard InChI is InChI=1S/C29H38N2O2/c1-28(2)25-13-16-29(28,3)27(33)31(26(25)32)18-7-6-17-30-19-14-22(15-20-30)24-12-8-10-21-9-4-5-11-23(21)24/h4-5,8-12,22,25H,6-7,13-20H2,1-3H3. The fourth-order valence-corrected chi connectivity index (χ4v) is 6.79. The maximum atomic E-state index is 13.2. The molecular formula is C29H38N2O2. The molecule has 0 radical (unpaired) electrons. The van der Waals surface area contributed by atoms with Crippen molar-refractivity contribution in [2.45, 2.75) is 65.2 Å². The lowest BCUT2D eigenvalue weighted by atomic mass is 9.62. The second kappa shape index (κ2) is 8.54. The number of hydrogen-bond acceptors (Lipinski definition) is 3. The van der Waals surface area contributed by atoms with Crippen LogP contribution in [-0.2, 0) is 9.59 Å². The highest BCUT2D eigenvalue weighted by Gasteiger charge is 2.64. The minimum atomic E-state index is -0.380. The van der Waals surface area contributed by atoms with Crippen LogP contribution in [0.3, 0.4) is 0 Å². The van der Waals surface area contributed by atoms with Crippen molar-refractivity contribution >= 4 is 22.6 Å². The van der Waals surface area contributed by atoms with Gasteiger partial charge in [-0.3, -0.25) is 14.5 Å². The van der Waals surface area contributed by atoms with Crippen LogP contribution in [0.15, 0.2) is 42.5 Å². The second-order valence-corrected chi connectivity index (χ2v) is 11.3. The number of piperidine rings is 2. The summed E-state index contributed by atoms with van der Waals surface area (Å²) >= 11 is 0. The van der Waals surface area contributed by atoms with E-state index >= 15 is 0 Å². The van der Waals surface area contributed by atoms with Crippen LogP contribution in [0.5, 0.6) is 0 Å². The quantitative estimate of drug-likeness (QED) is 0.428. The summed E-state index contributed by atoms with van der Waals surface area (Å²) in [5.41, 5.74) is 0.905. The smallest absolute Gasteiger partial charge is 0.235 e. The molecule has 2 aromatic carbocycles. The van der Waals surface area contributed by atoms with Gasteiger partial charge in [0.25, 0.3) is 0 Å². The Morgan fingerprint density at radius 2 is 1.58 bits per heavy atom. The van der Waals surface area contributed by atoms with Gasteiger partial charge in [0, 0.05) is 12.5 Å². The summed E-state index contributed by atoms with van der Waals surface area (Å²) in [5, 5.41) is 2.74. The first-order valence-electron chi connectivity index (χ1n) is 12.9. The third-order valence-corrected chi connectivity index (χ3v) is 9.46. The summed E-state index contributed by atoms with van der Waals surface area (Å²) in [6, 6.07) is 15.4. The summed E-state index contributed by atoms with van der Waals surface area (Å²) < 4.78 is 0. The molecule has 3 fully saturated rings. The molecule has 2 amide bonds. The number of rotatable bonds is 6. The topological polar surface area (TPSA) is 40.6 Å². The van der Waals surface area contributed by atoms with Gasteiger partial charge in [0.15, 0.2) is 0 Å². The highest BCUT2D eigenvalue weighted by atomic mass is 16.2. The average molecular weight is 447 g/mol. The van der Waals surface area contributed by atoms with E-state index in [2.05, 4.69) is 68.1 Å². The molecule has 5 rings (SSSR count). The predicted molar refractivity (Wildman–Crippen MR) is 133 cm³/mol. The molecule has 4 nitrogen and oxygen atoms in total. The van der Waals surface area contributed by atoms with Crippen molar-refractivity contribution in [3.05, 3.63) is 48.0 Å². The monoisotopic (exact) mass is 446 g/mol. The van der Waals surface area contributed by atoms with Gasteiger partial charge in [-0.15, -0.1) is 0 Å². The second-order valence-electron chi connectivity index (χ2n) is 11.3. The zero-order valence-corrected chi connectivity index (χ0v) is 20.5. The summed E-state index contributed by atoms with van der Waals surface area (Å²) in [5.74, 6) is 0.793. The van der Waals surface area contributed by atoms with Crippen molar-refractivity contribution < 1.29 is 9.59 Å². The number of carbonyl (C=O) groups excluding carboxylic acids is 2. The Morgan fingerprint density at radius 3 is 2.36 bits per heavy atom. The Morgan fingerprint density at radius 1 is 0.879 bits per heavy atom. The molecule has 2 aliphatic heterocycles. The minimum absolute atomic E-state index is 0.00768. The van der Waals surface area contributed by atoms with Crippen LogP contribution in [0.1, 0.15) is 70.8 Å². The number of benzene rings is 2. The SMILES string of the molecule is CC12CCC(C(=O)N(CCCCN3CCC(c4cccc5ccccc45)CC3)C1=O)C2(C)C. The molecule has 2 bridgehead atoms. The molecule has 2 aromatic rings. The molecule has 1 saturated carbocycles. The molecule has 2 atom stereocenters. The van der Waals surface area contributed by atoms with Crippen LogP contribution in [0.4, 0.5) is 0 Å². The van der Waals surface area contributed by atoms with E-state index < -0.39 is 0 Å². The van der Waals surface area contributed by atoms with Gasteiger partial charge in [0.1, 0.15) is 0 Å². The van der Waals surface area contributed by atoms with Crippen molar-refractivity contribution in [2.75, 3.05) is 26.2 Å². The maximum Gasteiger partial charge on any atom is 0.235 e. The molecule has 176 valence electrons. The lowest BCUT2D eigenvalue weighted by Gasteiger charge is -2.47. The fraction of sp³-hybridized carbons (Fsp3) is 0.586. The minimum Gasteiger partial charge on any atom is -0.303 e. The van der Waals surface area contributed by atoms with Crippen LogP contribution in [0.25, 0.3) is 10.8 Å². The van der Waals surface area contributed by atoms with Crippen molar-refractivity contribution in [1.29, 1.82) is 0 Å². The summed E-state index contributed by atoms with van der Waals surface area (Å²) in [6.07, 6.45) is 6.05. The van der Waals surface area contributed by atoms with Gasteiger partial charge in [-0.05, 0) is 85.8 Å². The predicted octanol–water partition coefficient (Wildman–Crippen LogP) is 5.61. The van der Waals surface area contributed by atoms with Crippen LogP contribution in [-0.4, -0.2) is 47.8 Å². The van der Waals surface area contributed by atoms with Crippen LogP contribution in [0.2, 0.25) is 0 Å². The van der Waals surface area contributed by atoms with Crippen molar-refractivity contribution in [3.8, 4) is 0 Å². The van der Waals surface area contributed by atoms with E-state index in [1.54, 1.807) is 4.90 Å². The molecule has 33 heavy (non-hydrogen) atoms. The van der Waals surface area contributed by atoms with Crippen LogP contribution >= 0.6 is 0 Å². The highest BCUT2D eigenvalue weighted by Crippen LogP contribution is 2.60. The van der Waals surface area contributed by atoms with Gasteiger partial charge in [0.05, 0.1) is 5.41 Å². The van der Waals surface area contributed by atoms with E-state index in [0.29, 0.717) is 12.5 Å². The molecule has 0 aromatic heterocycles. The van der Waals surface area contributed by atoms with Gasteiger partial charge < -0.3 is 4.90 Å². The average Bonchev–Trinajstić information content (AvgIpc) is 3.01. The third-order valence-electron chi connectivity index (χ3n) is 9.46. The summed E-state index contributed by atoms with van der Waals surface area (Å²) in [7, 11) is 0. The molecule has 4 heteroatoms. The Hall–Kier alpha value is -2.20. The Labute approximate surface area is 198 Å². The number of likely N-dealkylation sites (tertiary alicyclic amines) is 2. The maximum absolute atomic E-state index is 13.2. The highest BCUT2D eigenvalue weighted by molar-refractivity contribution is 6.03. The molecule has 2 saturated heterocycles. The van der Waals surface area contributed by atoms with Crippen LogP contribution < -0.4 is 0 Å². The molecule has 1 aliphatic carbocycles.